The molecule has 0 saturated carbocycles. The third-order valence-electron chi connectivity index (χ3n) is 6.64. The number of fused-ring (bicyclic) bond motifs is 1. The average Bonchev–Trinajstić information content (AvgIpc) is 3.18. The summed E-state index contributed by atoms with van der Waals surface area (Å²) >= 11 is 0. The molecule has 7 nitrogen and oxygen atoms in total. The van der Waals surface area contributed by atoms with E-state index in [1.54, 1.807) is 36.1 Å². The summed E-state index contributed by atoms with van der Waals surface area (Å²) in [6.45, 7) is 1.48. The Kier molecular flexibility index (Phi) is 6.57. The SMILES string of the molecule is Cn1cc(C(=O)Nc2cccc(C(=O)N3CCCC(Cc4cnc5ccccc5c4)CC3)c2)cn1. The van der Waals surface area contributed by atoms with Gasteiger partial charge in [0.05, 0.1) is 17.3 Å². The Labute approximate surface area is 204 Å². The van der Waals surface area contributed by atoms with Crippen molar-refractivity contribution in [3.05, 3.63) is 89.9 Å². The van der Waals surface area contributed by atoms with Crippen LogP contribution in [0.3, 0.4) is 0 Å². The van der Waals surface area contributed by atoms with Crippen LogP contribution in [0.1, 0.15) is 45.5 Å². The molecular weight excluding hydrogens is 438 g/mol. The van der Waals surface area contributed by atoms with Crippen molar-refractivity contribution in [2.45, 2.75) is 25.7 Å². The maximum absolute atomic E-state index is 13.3. The zero-order valence-electron chi connectivity index (χ0n) is 19.9. The number of aromatic nitrogens is 3. The molecular formula is C28H29N5O2. The van der Waals surface area contributed by atoms with Gasteiger partial charge >= 0.3 is 0 Å². The number of carbonyl (C=O) groups is 2. The van der Waals surface area contributed by atoms with Gasteiger partial charge in [-0.2, -0.15) is 5.10 Å². The van der Waals surface area contributed by atoms with Gasteiger partial charge in [-0.3, -0.25) is 19.3 Å². The molecule has 2 aromatic heterocycles. The minimum absolute atomic E-state index is 0.00972. The van der Waals surface area contributed by atoms with E-state index in [-0.39, 0.29) is 11.8 Å². The first-order chi connectivity index (χ1) is 17.0. The third-order valence-corrected chi connectivity index (χ3v) is 6.64. The molecule has 0 bridgehead atoms. The van der Waals surface area contributed by atoms with Crippen molar-refractivity contribution in [2.24, 2.45) is 13.0 Å². The molecule has 0 radical (unpaired) electrons. The van der Waals surface area contributed by atoms with E-state index in [2.05, 4.69) is 27.5 Å². The normalized spacial score (nSPS) is 16.1. The van der Waals surface area contributed by atoms with E-state index in [0.717, 1.165) is 44.3 Å². The van der Waals surface area contributed by atoms with Gasteiger partial charge in [-0.15, -0.1) is 0 Å². The number of para-hydroxylation sites is 1. The molecule has 3 heterocycles. The van der Waals surface area contributed by atoms with E-state index in [4.69, 9.17) is 0 Å². The molecule has 7 heteroatoms. The van der Waals surface area contributed by atoms with Crippen molar-refractivity contribution >= 4 is 28.4 Å². The summed E-state index contributed by atoms with van der Waals surface area (Å²) in [6.07, 6.45) is 9.19. The molecule has 2 amide bonds. The molecule has 2 aromatic carbocycles. The fourth-order valence-electron chi connectivity index (χ4n) is 4.79. The van der Waals surface area contributed by atoms with E-state index < -0.39 is 0 Å². The summed E-state index contributed by atoms with van der Waals surface area (Å²) in [5.74, 6) is 0.292. The predicted octanol–water partition coefficient (Wildman–Crippen LogP) is 4.71. The molecule has 35 heavy (non-hydrogen) atoms. The fraction of sp³-hybridized carbons (Fsp3) is 0.286. The van der Waals surface area contributed by atoms with Gasteiger partial charge in [0.2, 0.25) is 0 Å². The van der Waals surface area contributed by atoms with Gasteiger partial charge in [-0.25, -0.2) is 0 Å². The summed E-state index contributed by atoms with van der Waals surface area (Å²) in [5, 5.41) is 8.06. The molecule has 1 saturated heterocycles. The Balaban J connectivity index is 1.21. The average molecular weight is 468 g/mol. The highest BCUT2D eigenvalue weighted by molar-refractivity contribution is 6.04. The van der Waals surface area contributed by atoms with Crippen LogP contribution in [-0.2, 0) is 13.5 Å². The third kappa shape index (κ3) is 5.40. The Bertz CT molecular complexity index is 1360. The Morgan fingerprint density at radius 3 is 2.74 bits per heavy atom. The standard InChI is InChI=1S/C28H29N5O2/c1-32-19-24(18-30-32)27(34)31-25-9-4-8-23(16-25)28(35)33-12-5-6-20(11-13-33)14-21-15-22-7-2-3-10-26(22)29-17-21/h2-4,7-10,15-20H,5-6,11-14H2,1H3,(H,31,34). The van der Waals surface area contributed by atoms with Crippen LogP contribution in [0.25, 0.3) is 10.9 Å². The molecule has 5 rings (SSSR count). The molecule has 1 aliphatic rings. The van der Waals surface area contributed by atoms with Gasteiger partial charge in [0.1, 0.15) is 0 Å². The predicted molar refractivity (Wildman–Crippen MR) is 136 cm³/mol. The topological polar surface area (TPSA) is 80.1 Å². The maximum Gasteiger partial charge on any atom is 0.258 e. The van der Waals surface area contributed by atoms with Crippen LogP contribution in [0.5, 0.6) is 0 Å². The number of nitrogens with zero attached hydrogens (tertiary/aromatic N) is 4. The van der Waals surface area contributed by atoms with E-state index >= 15 is 0 Å². The fourth-order valence-corrected chi connectivity index (χ4v) is 4.79. The summed E-state index contributed by atoms with van der Waals surface area (Å²) in [7, 11) is 1.76. The van der Waals surface area contributed by atoms with Crippen LogP contribution in [-0.4, -0.2) is 44.6 Å². The molecule has 1 fully saturated rings. The maximum atomic E-state index is 13.3. The highest BCUT2D eigenvalue weighted by Gasteiger charge is 2.22. The molecule has 178 valence electrons. The Morgan fingerprint density at radius 2 is 1.89 bits per heavy atom. The molecule has 1 unspecified atom stereocenters. The first-order valence-corrected chi connectivity index (χ1v) is 12.1. The number of aryl methyl sites for hydroxylation is 1. The zero-order chi connectivity index (χ0) is 24.2. The van der Waals surface area contributed by atoms with E-state index in [9.17, 15) is 9.59 Å². The van der Waals surface area contributed by atoms with Crippen molar-refractivity contribution < 1.29 is 9.59 Å². The second-order valence-electron chi connectivity index (χ2n) is 9.27. The van der Waals surface area contributed by atoms with Gasteiger partial charge in [-0.1, -0.05) is 24.3 Å². The quantitative estimate of drug-likeness (QED) is 0.461. The first kappa shape index (κ1) is 22.8. The number of hydrogen-bond acceptors (Lipinski definition) is 4. The molecule has 1 atom stereocenters. The molecule has 4 aromatic rings. The molecule has 0 aliphatic carbocycles. The van der Waals surface area contributed by atoms with Crippen molar-refractivity contribution in [3.8, 4) is 0 Å². The summed E-state index contributed by atoms with van der Waals surface area (Å²) in [5.41, 5.74) is 3.94. The van der Waals surface area contributed by atoms with Crippen molar-refractivity contribution in [3.63, 3.8) is 0 Å². The molecule has 0 spiro atoms. The van der Waals surface area contributed by atoms with E-state index in [1.807, 2.05) is 35.4 Å². The summed E-state index contributed by atoms with van der Waals surface area (Å²) < 4.78 is 1.58. The second kappa shape index (κ2) is 10.1. The second-order valence-corrected chi connectivity index (χ2v) is 9.27. The van der Waals surface area contributed by atoms with E-state index in [0.29, 0.717) is 22.7 Å². The van der Waals surface area contributed by atoms with Crippen LogP contribution >= 0.6 is 0 Å². The highest BCUT2D eigenvalue weighted by atomic mass is 16.2. The number of hydrogen-bond donors (Lipinski definition) is 1. The number of nitrogens with one attached hydrogen (secondary N) is 1. The van der Waals surface area contributed by atoms with Crippen LogP contribution in [0, 0.1) is 5.92 Å². The number of amides is 2. The number of likely N-dealkylation sites (tertiary alicyclic amines) is 1. The van der Waals surface area contributed by atoms with Crippen LogP contribution in [0.2, 0.25) is 0 Å². The van der Waals surface area contributed by atoms with Crippen molar-refractivity contribution in [2.75, 3.05) is 18.4 Å². The van der Waals surface area contributed by atoms with Gasteiger partial charge < -0.3 is 10.2 Å². The van der Waals surface area contributed by atoms with Gasteiger partial charge in [0.15, 0.2) is 0 Å². The highest BCUT2D eigenvalue weighted by Crippen LogP contribution is 2.24. The van der Waals surface area contributed by atoms with Gasteiger partial charge in [0, 0.05) is 49.2 Å². The smallest absolute Gasteiger partial charge is 0.258 e. The number of pyridine rings is 1. The summed E-state index contributed by atoms with van der Waals surface area (Å²) in [6, 6.07) is 17.6. The Hall–Kier alpha value is -4.00. The van der Waals surface area contributed by atoms with Crippen LogP contribution < -0.4 is 5.32 Å². The lowest BCUT2D eigenvalue weighted by molar-refractivity contribution is 0.0759. The summed E-state index contributed by atoms with van der Waals surface area (Å²) in [4.78, 5) is 32.3. The van der Waals surface area contributed by atoms with Gasteiger partial charge in [0.25, 0.3) is 11.8 Å². The molecule has 1 N–H and O–H groups in total. The minimum atomic E-state index is -0.247. The van der Waals surface area contributed by atoms with Crippen LogP contribution in [0.15, 0.2) is 73.2 Å². The number of rotatable bonds is 5. The largest absolute Gasteiger partial charge is 0.339 e. The zero-order valence-corrected chi connectivity index (χ0v) is 19.9. The lowest BCUT2D eigenvalue weighted by Crippen LogP contribution is -2.32. The van der Waals surface area contributed by atoms with Crippen molar-refractivity contribution in [1.82, 2.24) is 19.7 Å². The number of anilines is 1. The monoisotopic (exact) mass is 467 g/mol. The van der Waals surface area contributed by atoms with E-state index in [1.165, 1.54) is 17.1 Å². The number of benzene rings is 2. The lowest BCUT2D eigenvalue weighted by atomic mass is 9.93. The lowest BCUT2D eigenvalue weighted by Gasteiger charge is -2.21. The first-order valence-electron chi connectivity index (χ1n) is 12.1. The minimum Gasteiger partial charge on any atom is -0.339 e. The van der Waals surface area contributed by atoms with Gasteiger partial charge in [-0.05, 0) is 67.5 Å². The molecule has 1 aliphatic heterocycles. The Morgan fingerprint density at radius 1 is 1.00 bits per heavy atom. The number of carbonyl (C=O) groups excluding carboxylic acids is 2. The van der Waals surface area contributed by atoms with Crippen LogP contribution in [0.4, 0.5) is 5.69 Å². The van der Waals surface area contributed by atoms with Crippen molar-refractivity contribution in [1.29, 1.82) is 0 Å².